The molecule has 0 bridgehead atoms. The Labute approximate surface area is 106 Å². The van der Waals surface area contributed by atoms with Crippen LogP contribution >= 0.6 is 0 Å². The minimum atomic E-state index is -0.211. The Balaban J connectivity index is 1.63. The lowest BCUT2D eigenvalue weighted by Gasteiger charge is -2.17. The molecule has 0 spiro atoms. The van der Waals surface area contributed by atoms with Crippen LogP contribution in [-0.2, 0) is 4.74 Å². The minimum Gasteiger partial charge on any atom is -0.454 e. The van der Waals surface area contributed by atoms with Crippen molar-refractivity contribution in [2.24, 2.45) is 0 Å². The summed E-state index contributed by atoms with van der Waals surface area (Å²) in [5.74, 6) is -0.211. The number of benzene rings is 1. The van der Waals surface area contributed by atoms with E-state index in [1.165, 1.54) is 0 Å². The number of likely N-dealkylation sites (tertiary alicyclic amines) is 1. The first-order chi connectivity index (χ1) is 8.74. The summed E-state index contributed by atoms with van der Waals surface area (Å²) in [5.41, 5.74) is 1.70. The second kappa shape index (κ2) is 4.71. The number of carbonyl (C=O) groups is 1. The van der Waals surface area contributed by atoms with Crippen molar-refractivity contribution in [2.75, 3.05) is 19.6 Å². The molecule has 4 nitrogen and oxygen atoms in total. The number of cyclic esters (lactones) is 1. The second-order valence-corrected chi connectivity index (χ2v) is 5.01. The molecule has 0 amide bonds. The number of fused-ring (bicyclic) bond motifs is 1. The van der Waals surface area contributed by atoms with Gasteiger partial charge in [0.15, 0.2) is 0 Å². The molecule has 0 aromatic heterocycles. The number of rotatable bonds is 3. The van der Waals surface area contributed by atoms with Gasteiger partial charge in [-0.2, -0.15) is 0 Å². The van der Waals surface area contributed by atoms with E-state index in [1.54, 1.807) is 0 Å². The van der Waals surface area contributed by atoms with Gasteiger partial charge in [0.1, 0.15) is 6.10 Å². The van der Waals surface area contributed by atoms with Crippen molar-refractivity contribution in [3.63, 3.8) is 0 Å². The highest BCUT2D eigenvalue weighted by atomic mass is 16.5. The van der Waals surface area contributed by atoms with Crippen LogP contribution in [0.2, 0.25) is 0 Å². The average Bonchev–Trinajstić information content (AvgIpc) is 2.92. The van der Waals surface area contributed by atoms with Gasteiger partial charge >= 0.3 is 5.97 Å². The van der Waals surface area contributed by atoms with Crippen LogP contribution in [-0.4, -0.2) is 41.7 Å². The van der Waals surface area contributed by atoms with E-state index < -0.39 is 0 Å². The predicted molar refractivity (Wildman–Crippen MR) is 66.3 cm³/mol. The summed E-state index contributed by atoms with van der Waals surface area (Å²) in [5, 5.41) is 9.46. The first-order valence-electron chi connectivity index (χ1n) is 6.44. The van der Waals surface area contributed by atoms with Gasteiger partial charge in [0.2, 0.25) is 0 Å². The number of hydrogen-bond acceptors (Lipinski definition) is 4. The summed E-state index contributed by atoms with van der Waals surface area (Å²) in [6.07, 6.45) is 1.34. The van der Waals surface area contributed by atoms with E-state index in [2.05, 4.69) is 4.90 Å². The van der Waals surface area contributed by atoms with Crippen molar-refractivity contribution < 1.29 is 14.6 Å². The Morgan fingerprint density at radius 2 is 2.22 bits per heavy atom. The van der Waals surface area contributed by atoms with Crippen LogP contribution in [0.3, 0.4) is 0 Å². The normalized spacial score (nSPS) is 27.3. The molecule has 2 aliphatic rings. The Morgan fingerprint density at radius 1 is 1.39 bits per heavy atom. The first-order valence-corrected chi connectivity index (χ1v) is 6.44. The summed E-state index contributed by atoms with van der Waals surface area (Å²) in [4.78, 5) is 13.9. The van der Waals surface area contributed by atoms with Gasteiger partial charge in [-0.3, -0.25) is 0 Å². The fraction of sp³-hybridized carbons (Fsp3) is 0.500. The maximum Gasteiger partial charge on any atom is 0.339 e. The number of carbonyl (C=O) groups excluding carboxylic acids is 1. The van der Waals surface area contributed by atoms with Crippen LogP contribution in [0, 0.1) is 0 Å². The first kappa shape index (κ1) is 11.7. The van der Waals surface area contributed by atoms with E-state index in [-0.39, 0.29) is 18.2 Å². The van der Waals surface area contributed by atoms with E-state index in [0.717, 1.165) is 38.0 Å². The highest BCUT2D eigenvalue weighted by Crippen LogP contribution is 2.33. The molecule has 96 valence electrons. The van der Waals surface area contributed by atoms with Crippen molar-refractivity contribution in [2.45, 2.75) is 25.0 Å². The number of nitrogens with zero attached hydrogens (tertiary/aromatic N) is 1. The molecule has 2 unspecified atom stereocenters. The van der Waals surface area contributed by atoms with Crippen molar-refractivity contribution in [3.05, 3.63) is 35.4 Å². The quantitative estimate of drug-likeness (QED) is 0.819. The largest absolute Gasteiger partial charge is 0.454 e. The smallest absolute Gasteiger partial charge is 0.339 e. The third-order valence-corrected chi connectivity index (χ3v) is 3.73. The number of β-amino-alcohol motifs (C(OH)–C–C–N with tert-alkyl or cyclic N) is 1. The monoisotopic (exact) mass is 247 g/mol. The van der Waals surface area contributed by atoms with Crippen LogP contribution < -0.4 is 0 Å². The van der Waals surface area contributed by atoms with E-state index in [9.17, 15) is 9.90 Å². The molecule has 1 saturated heterocycles. The predicted octanol–water partition coefficient (Wildman–Crippen LogP) is 1.35. The average molecular weight is 247 g/mol. The Kier molecular flexibility index (Phi) is 3.06. The summed E-state index contributed by atoms with van der Waals surface area (Å²) < 4.78 is 5.39. The lowest BCUT2D eigenvalue weighted by Crippen LogP contribution is -2.24. The molecule has 0 radical (unpaired) electrons. The van der Waals surface area contributed by atoms with Gasteiger partial charge in [0.25, 0.3) is 0 Å². The topological polar surface area (TPSA) is 49.8 Å². The van der Waals surface area contributed by atoms with Crippen LogP contribution in [0.1, 0.15) is 34.9 Å². The minimum absolute atomic E-state index is 0.119. The van der Waals surface area contributed by atoms with E-state index in [4.69, 9.17) is 4.74 Å². The zero-order valence-corrected chi connectivity index (χ0v) is 10.2. The van der Waals surface area contributed by atoms with Crippen molar-refractivity contribution in [1.29, 1.82) is 0 Å². The Morgan fingerprint density at radius 3 is 3.00 bits per heavy atom. The molecule has 3 rings (SSSR count). The molecular formula is C14H17NO3. The van der Waals surface area contributed by atoms with Gasteiger partial charge in [-0.15, -0.1) is 0 Å². The third kappa shape index (κ3) is 2.13. The van der Waals surface area contributed by atoms with Gasteiger partial charge in [-0.1, -0.05) is 18.2 Å². The number of hydrogen-bond donors (Lipinski definition) is 1. The summed E-state index contributed by atoms with van der Waals surface area (Å²) in [6, 6.07) is 7.58. The van der Waals surface area contributed by atoms with E-state index in [0.29, 0.717) is 5.56 Å². The van der Waals surface area contributed by atoms with Gasteiger partial charge < -0.3 is 14.7 Å². The maximum atomic E-state index is 11.6. The molecule has 2 aliphatic heterocycles. The highest BCUT2D eigenvalue weighted by molar-refractivity contribution is 5.93. The molecule has 0 saturated carbocycles. The summed E-state index contributed by atoms with van der Waals surface area (Å²) in [7, 11) is 0. The number of ether oxygens (including phenoxy) is 1. The maximum absolute atomic E-state index is 11.6. The van der Waals surface area contributed by atoms with Gasteiger partial charge in [-0.25, -0.2) is 4.79 Å². The van der Waals surface area contributed by atoms with Gasteiger partial charge in [0, 0.05) is 31.6 Å². The van der Waals surface area contributed by atoms with E-state index >= 15 is 0 Å². The molecular weight excluding hydrogens is 230 g/mol. The molecule has 0 aliphatic carbocycles. The molecule has 1 N–H and O–H groups in total. The molecule has 4 heteroatoms. The van der Waals surface area contributed by atoms with Crippen LogP contribution in [0.5, 0.6) is 0 Å². The zero-order valence-electron chi connectivity index (χ0n) is 10.2. The molecule has 1 aromatic carbocycles. The summed E-state index contributed by atoms with van der Waals surface area (Å²) in [6.45, 7) is 2.54. The van der Waals surface area contributed by atoms with Gasteiger partial charge in [-0.05, 0) is 12.5 Å². The van der Waals surface area contributed by atoms with Crippen LogP contribution in [0.25, 0.3) is 0 Å². The van der Waals surface area contributed by atoms with E-state index in [1.807, 2.05) is 24.3 Å². The van der Waals surface area contributed by atoms with Crippen molar-refractivity contribution in [3.8, 4) is 0 Å². The fourth-order valence-corrected chi connectivity index (χ4v) is 2.75. The Hall–Kier alpha value is -1.39. The standard InChI is InChI=1S/C14H17NO3/c16-10-5-7-15(9-10)8-6-13-11-3-1-2-4-12(11)14(17)18-13/h1-4,10,13,16H,5-9H2. The molecule has 2 heterocycles. The second-order valence-electron chi connectivity index (χ2n) is 5.01. The van der Waals surface area contributed by atoms with Crippen LogP contribution in [0.15, 0.2) is 24.3 Å². The lowest BCUT2D eigenvalue weighted by atomic mass is 10.0. The summed E-state index contributed by atoms with van der Waals surface area (Å²) >= 11 is 0. The SMILES string of the molecule is O=C1OC(CCN2CCC(O)C2)c2ccccc21. The third-order valence-electron chi connectivity index (χ3n) is 3.73. The number of aliphatic hydroxyl groups is 1. The zero-order chi connectivity index (χ0) is 12.5. The highest BCUT2D eigenvalue weighted by Gasteiger charge is 2.31. The van der Waals surface area contributed by atoms with Crippen LogP contribution in [0.4, 0.5) is 0 Å². The van der Waals surface area contributed by atoms with Gasteiger partial charge in [0.05, 0.1) is 11.7 Å². The molecule has 1 fully saturated rings. The Bertz CT molecular complexity index is 460. The molecule has 2 atom stereocenters. The van der Waals surface area contributed by atoms with Crippen molar-refractivity contribution in [1.82, 2.24) is 4.90 Å². The molecule has 1 aromatic rings. The lowest BCUT2D eigenvalue weighted by molar-refractivity contribution is 0.0347. The number of esters is 1. The molecule has 18 heavy (non-hydrogen) atoms. The van der Waals surface area contributed by atoms with Crippen molar-refractivity contribution >= 4 is 5.97 Å². The number of aliphatic hydroxyl groups excluding tert-OH is 1. The fourth-order valence-electron chi connectivity index (χ4n) is 2.75.